The highest BCUT2D eigenvalue weighted by atomic mass is 32.1. The minimum atomic E-state index is -0.129. The summed E-state index contributed by atoms with van der Waals surface area (Å²) in [5.41, 5.74) is 3.54. The second-order valence-corrected chi connectivity index (χ2v) is 8.21. The van der Waals surface area contributed by atoms with E-state index in [-0.39, 0.29) is 5.56 Å². The highest BCUT2D eigenvalue weighted by Gasteiger charge is 2.15. The van der Waals surface area contributed by atoms with Gasteiger partial charge in [-0.1, -0.05) is 47.7 Å². The third-order valence-electron chi connectivity index (χ3n) is 5.07. The molecule has 0 aliphatic rings. The van der Waals surface area contributed by atoms with Crippen molar-refractivity contribution in [3.8, 4) is 10.9 Å². The fraction of sp³-hybridized carbons (Fsp3) is 0.0800. The number of nitrogens with zero attached hydrogens (tertiary/aromatic N) is 3. The number of para-hydroxylation sites is 1. The van der Waals surface area contributed by atoms with Gasteiger partial charge in [0.1, 0.15) is 11.6 Å². The normalized spacial score (nSPS) is 11.5. The van der Waals surface area contributed by atoms with E-state index in [1.165, 1.54) is 11.3 Å². The number of ether oxygens (including phenoxy) is 1. The molecule has 0 atom stereocenters. The monoisotopic (exact) mass is 425 g/mol. The van der Waals surface area contributed by atoms with Gasteiger partial charge in [-0.2, -0.15) is 0 Å². The van der Waals surface area contributed by atoms with Gasteiger partial charge in [0.05, 0.1) is 28.2 Å². The summed E-state index contributed by atoms with van der Waals surface area (Å²) in [7, 11) is 1.64. The molecule has 0 saturated heterocycles. The van der Waals surface area contributed by atoms with Crippen molar-refractivity contribution in [3.05, 3.63) is 94.0 Å². The first kappa shape index (κ1) is 19.2. The number of fused-ring (bicyclic) bond motifs is 2. The minimum absolute atomic E-state index is 0.129. The minimum Gasteiger partial charge on any atom is -0.497 e. The summed E-state index contributed by atoms with van der Waals surface area (Å²) < 4.78 is 7.86. The fourth-order valence-corrected chi connectivity index (χ4v) is 4.52. The molecule has 0 fully saturated rings. The molecule has 31 heavy (non-hydrogen) atoms. The number of hydrogen-bond donors (Lipinski definition) is 0. The number of thiazole rings is 1. The van der Waals surface area contributed by atoms with Gasteiger partial charge in [-0.25, -0.2) is 14.5 Å². The van der Waals surface area contributed by atoms with Gasteiger partial charge in [0.25, 0.3) is 5.56 Å². The Morgan fingerprint density at radius 3 is 2.55 bits per heavy atom. The van der Waals surface area contributed by atoms with Crippen LogP contribution in [0.15, 0.2) is 71.5 Å². The van der Waals surface area contributed by atoms with Gasteiger partial charge in [0.15, 0.2) is 5.13 Å². The van der Waals surface area contributed by atoms with Gasteiger partial charge in [-0.15, -0.1) is 0 Å². The molecule has 0 amide bonds. The molecule has 5 nitrogen and oxygen atoms in total. The van der Waals surface area contributed by atoms with Crippen molar-refractivity contribution in [3.63, 3.8) is 0 Å². The first-order chi connectivity index (χ1) is 15.1. The zero-order valence-electron chi connectivity index (χ0n) is 17.1. The third-order valence-corrected chi connectivity index (χ3v) is 6.07. The predicted octanol–water partition coefficient (Wildman–Crippen LogP) is 5.48. The Kier molecular flexibility index (Phi) is 4.84. The zero-order valence-corrected chi connectivity index (χ0v) is 17.9. The van der Waals surface area contributed by atoms with E-state index in [9.17, 15) is 4.79 Å². The zero-order chi connectivity index (χ0) is 21.4. The maximum absolute atomic E-state index is 13.4. The standard InChI is InChI=1S/C25H19N3O2S/c1-16-7-13-21-22(15-16)31-25(27-21)28-23(14-10-17-8-11-18(30-2)12-9-17)26-20-6-4-3-5-19(20)24(28)29/h3-15H,1-2H3/b14-10+. The number of aryl methyl sites for hydroxylation is 1. The number of methoxy groups -OCH3 is 1. The first-order valence-electron chi connectivity index (χ1n) is 9.84. The number of hydrogen-bond acceptors (Lipinski definition) is 5. The highest BCUT2D eigenvalue weighted by Crippen LogP contribution is 2.26. The van der Waals surface area contributed by atoms with E-state index in [1.54, 1.807) is 17.7 Å². The van der Waals surface area contributed by atoms with Crippen LogP contribution in [0, 0.1) is 6.92 Å². The van der Waals surface area contributed by atoms with Gasteiger partial charge in [0.2, 0.25) is 0 Å². The maximum atomic E-state index is 13.4. The summed E-state index contributed by atoms with van der Waals surface area (Å²) >= 11 is 1.49. The lowest BCUT2D eigenvalue weighted by atomic mass is 10.2. The Hall–Kier alpha value is -3.77. The van der Waals surface area contributed by atoms with Gasteiger partial charge in [-0.05, 0) is 60.5 Å². The maximum Gasteiger partial charge on any atom is 0.268 e. The lowest BCUT2D eigenvalue weighted by molar-refractivity contribution is 0.415. The van der Waals surface area contributed by atoms with Gasteiger partial charge in [0, 0.05) is 0 Å². The highest BCUT2D eigenvalue weighted by molar-refractivity contribution is 7.20. The van der Waals surface area contributed by atoms with Crippen molar-refractivity contribution >= 4 is 44.6 Å². The molecule has 0 bridgehead atoms. The van der Waals surface area contributed by atoms with E-state index in [2.05, 4.69) is 6.07 Å². The SMILES string of the molecule is COc1ccc(/C=C/c2nc3ccccc3c(=O)n2-c2nc3ccc(C)cc3s2)cc1. The van der Waals surface area contributed by atoms with Crippen molar-refractivity contribution in [1.82, 2.24) is 14.5 Å². The van der Waals surface area contributed by atoms with E-state index in [0.717, 1.165) is 27.1 Å². The molecule has 0 aliphatic carbocycles. The molecule has 3 aromatic carbocycles. The van der Waals surface area contributed by atoms with E-state index < -0.39 is 0 Å². The lowest BCUT2D eigenvalue weighted by Gasteiger charge is -2.08. The molecule has 2 heterocycles. The Morgan fingerprint density at radius 1 is 0.935 bits per heavy atom. The van der Waals surface area contributed by atoms with Crippen LogP contribution in [0.25, 0.3) is 38.4 Å². The summed E-state index contributed by atoms with van der Waals surface area (Å²) in [4.78, 5) is 22.9. The Bertz CT molecular complexity index is 1500. The second-order valence-electron chi connectivity index (χ2n) is 7.20. The Morgan fingerprint density at radius 2 is 1.74 bits per heavy atom. The Labute approximate surface area is 182 Å². The van der Waals surface area contributed by atoms with Gasteiger partial charge >= 0.3 is 0 Å². The van der Waals surface area contributed by atoms with Crippen LogP contribution in [0.2, 0.25) is 0 Å². The van der Waals surface area contributed by atoms with Crippen LogP contribution in [0.5, 0.6) is 5.75 Å². The number of benzene rings is 3. The summed E-state index contributed by atoms with van der Waals surface area (Å²) in [5, 5.41) is 1.18. The molecular weight excluding hydrogens is 406 g/mol. The van der Waals surface area contributed by atoms with Crippen LogP contribution in [-0.4, -0.2) is 21.6 Å². The quantitative estimate of drug-likeness (QED) is 0.382. The van der Waals surface area contributed by atoms with Crippen LogP contribution in [0.4, 0.5) is 0 Å². The average Bonchev–Trinajstić information content (AvgIpc) is 3.20. The van der Waals surface area contributed by atoms with Gasteiger partial charge < -0.3 is 4.74 Å². The molecule has 152 valence electrons. The van der Waals surface area contributed by atoms with E-state index in [0.29, 0.717) is 21.9 Å². The predicted molar refractivity (Wildman–Crippen MR) is 127 cm³/mol. The smallest absolute Gasteiger partial charge is 0.268 e. The molecule has 0 unspecified atom stereocenters. The molecule has 0 saturated carbocycles. The molecular formula is C25H19N3O2S. The van der Waals surface area contributed by atoms with Crippen molar-refractivity contribution in [1.29, 1.82) is 0 Å². The molecule has 0 radical (unpaired) electrons. The van der Waals surface area contributed by atoms with E-state index >= 15 is 0 Å². The summed E-state index contributed by atoms with van der Waals surface area (Å²) in [6, 6.07) is 21.2. The average molecular weight is 426 g/mol. The van der Waals surface area contributed by atoms with Crippen LogP contribution in [0.3, 0.4) is 0 Å². The molecule has 5 aromatic rings. The summed E-state index contributed by atoms with van der Waals surface area (Å²) in [6.07, 6.45) is 3.79. The topological polar surface area (TPSA) is 57.0 Å². The van der Waals surface area contributed by atoms with Crippen LogP contribution >= 0.6 is 11.3 Å². The number of aromatic nitrogens is 3. The molecule has 5 rings (SSSR count). The third kappa shape index (κ3) is 3.62. The van der Waals surface area contributed by atoms with Crippen molar-refractivity contribution in [2.45, 2.75) is 6.92 Å². The molecule has 0 aliphatic heterocycles. The molecule has 6 heteroatoms. The van der Waals surface area contributed by atoms with Crippen molar-refractivity contribution in [2.24, 2.45) is 0 Å². The number of rotatable bonds is 4. The fourth-order valence-electron chi connectivity index (χ4n) is 3.45. The molecule has 0 spiro atoms. The Balaban J connectivity index is 1.70. The van der Waals surface area contributed by atoms with Crippen LogP contribution in [-0.2, 0) is 0 Å². The first-order valence-corrected chi connectivity index (χ1v) is 10.7. The van der Waals surface area contributed by atoms with E-state index in [1.807, 2.05) is 73.7 Å². The molecule has 2 aromatic heterocycles. The van der Waals surface area contributed by atoms with E-state index in [4.69, 9.17) is 14.7 Å². The molecule has 0 N–H and O–H groups in total. The largest absolute Gasteiger partial charge is 0.497 e. The summed E-state index contributed by atoms with van der Waals surface area (Å²) in [6.45, 7) is 2.05. The lowest BCUT2D eigenvalue weighted by Crippen LogP contribution is -2.22. The van der Waals surface area contributed by atoms with Crippen LogP contribution < -0.4 is 10.3 Å². The summed E-state index contributed by atoms with van der Waals surface area (Å²) in [5.74, 6) is 1.33. The van der Waals surface area contributed by atoms with Crippen LogP contribution in [0.1, 0.15) is 17.0 Å². The second kappa shape index (κ2) is 7.81. The van der Waals surface area contributed by atoms with Crippen molar-refractivity contribution < 1.29 is 4.74 Å². The van der Waals surface area contributed by atoms with Crippen molar-refractivity contribution in [2.75, 3.05) is 7.11 Å². The van der Waals surface area contributed by atoms with Gasteiger partial charge in [-0.3, -0.25) is 4.79 Å².